The molecule has 1 heterocycles. The van der Waals surface area contributed by atoms with Gasteiger partial charge in [-0.1, -0.05) is 44.3 Å². The highest BCUT2D eigenvalue weighted by Crippen LogP contribution is 2.21. The Hall–Kier alpha value is -0.460. The van der Waals surface area contributed by atoms with E-state index >= 15 is 0 Å². The van der Waals surface area contributed by atoms with E-state index in [-0.39, 0.29) is 13.2 Å². The molecule has 0 saturated carbocycles. The Kier molecular flexibility index (Phi) is 11.5. The number of aliphatic hydroxyl groups is 3. The van der Waals surface area contributed by atoms with Crippen LogP contribution in [0.25, 0.3) is 0 Å². The zero-order valence-electron chi connectivity index (χ0n) is 14.4. The van der Waals surface area contributed by atoms with Crippen LogP contribution in [0.3, 0.4) is 0 Å². The molecular weight excluding hydrogens is 296 g/mol. The van der Waals surface area contributed by atoms with E-state index < -0.39 is 24.4 Å². The first-order valence-corrected chi connectivity index (χ1v) is 9.02. The third kappa shape index (κ3) is 8.27. The maximum absolute atomic E-state index is 9.82. The van der Waals surface area contributed by atoms with E-state index in [1.165, 1.54) is 38.5 Å². The predicted octanol–water partition coefficient (Wildman–Crippen LogP) is 2.18. The van der Waals surface area contributed by atoms with Gasteiger partial charge in [-0.05, 0) is 26.2 Å². The first-order chi connectivity index (χ1) is 11.2. The van der Waals surface area contributed by atoms with Gasteiger partial charge in [0.1, 0.15) is 24.4 Å². The topological polar surface area (TPSA) is 79.2 Å². The van der Waals surface area contributed by atoms with Gasteiger partial charge in [-0.15, -0.1) is 0 Å². The average molecular weight is 330 g/mol. The Morgan fingerprint density at radius 2 is 1.78 bits per heavy atom. The lowest BCUT2D eigenvalue weighted by Crippen LogP contribution is -2.42. The second-order valence-corrected chi connectivity index (χ2v) is 6.28. The van der Waals surface area contributed by atoms with Crippen molar-refractivity contribution in [3.05, 3.63) is 12.2 Å². The SMILES string of the molecule is C/C=C/CCCCCCCCCO[C@H]1[C@@H]([C@H](O)CO)OC[C@@H]1O. The normalized spacial score (nSPS) is 26.2. The minimum atomic E-state index is -1.00. The van der Waals surface area contributed by atoms with Gasteiger partial charge in [0.15, 0.2) is 0 Å². The second kappa shape index (κ2) is 12.9. The minimum absolute atomic E-state index is 0.152. The molecule has 0 bridgehead atoms. The van der Waals surface area contributed by atoms with Crippen LogP contribution in [0.15, 0.2) is 12.2 Å². The van der Waals surface area contributed by atoms with E-state index in [4.69, 9.17) is 14.6 Å². The molecule has 5 heteroatoms. The third-order valence-electron chi connectivity index (χ3n) is 4.29. The lowest BCUT2D eigenvalue weighted by molar-refractivity contribution is -0.0938. The van der Waals surface area contributed by atoms with Crippen molar-refractivity contribution in [2.75, 3.05) is 19.8 Å². The summed E-state index contributed by atoms with van der Waals surface area (Å²) in [6.07, 6.45) is 11.0. The first-order valence-electron chi connectivity index (χ1n) is 9.02. The molecule has 5 nitrogen and oxygen atoms in total. The number of hydrogen-bond acceptors (Lipinski definition) is 5. The standard InChI is InChI=1S/C18H34O5/c1-2-3-4-5-6-7-8-9-10-11-12-22-18-16(21)14-23-17(18)15(20)13-19/h2-3,15-21H,4-14H2,1H3/b3-2+/t15-,16+,17-,18-/m1/s1. The van der Waals surface area contributed by atoms with Crippen LogP contribution in [0.4, 0.5) is 0 Å². The van der Waals surface area contributed by atoms with Crippen molar-refractivity contribution in [3.8, 4) is 0 Å². The molecule has 0 aromatic carbocycles. The smallest absolute Gasteiger partial charge is 0.114 e. The summed E-state index contributed by atoms with van der Waals surface area (Å²) in [6.45, 7) is 2.39. The molecule has 1 rings (SSSR count). The van der Waals surface area contributed by atoms with Crippen LogP contribution < -0.4 is 0 Å². The van der Waals surface area contributed by atoms with Gasteiger partial charge in [0.25, 0.3) is 0 Å². The molecule has 0 unspecified atom stereocenters. The Morgan fingerprint density at radius 3 is 2.43 bits per heavy atom. The summed E-state index contributed by atoms with van der Waals surface area (Å²) in [7, 11) is 0. The third-order valence-corrected chi connectivity index (χ3v) is 4.29. The summed E-state index contributed by atoms with van der Waals surface area (Å²) >= 11 is 0. The zero-order chi connectivity index (χ0) is 16.9. The number of hydrogen-bond donors (Lipinski definition) is 3. The lowest BCUT2D eigenvalue weighted by Gasteiger charge is -2.23. The van der Waals surface area contributed by atoms with Crippen molar-refractivity contribution in [1.29, 1.82) is 0 Å². The molecule has 4 atom stereocenters. The Balaban J connectivity index is 1.99. The molecule has 0 radical (unpaired) electrons. The van der Waals surface area contributed by atoms with Crippen LogP contribution in [0.1, 0.15) is 58.3 Å². The largest absolute Gasteiger partial charge is 0.394 e. The fraction of sp³-hybridized carbons (Fsp3) is 0.889. The van der Waals surface area contributed by atoms with Gasteiger partial charge in [-0.25, -0.2) is 0 Å². The monoisotopic (exact) mass is 330 g/mol. The highest BCUT2D eigenvalue weighted by molar-refractivity contribution is 4.89. The minimum Gasteiger partial charge on any atom is -0.394 e. The van der Waals surface area contributed by atoms with Crippen LogP contribution in [0.5, 0.6) is 0 Å². The van der Waals surface area contributed by atoms with Gasteiger partial charge >= 0.3 is 0 Å². The molecule has 1 saturated heterocycles. The van der Waals surface area contributed by atoms with E-state index in [2.05, 4.69) is 19.1 Å². The predicted molar refractivity (Wildman–Crippen MR) is 90.3 cm³/mol. The molecule has 1 fully saturated rings. The van der Waals surface area contributed by atoms with Crippen molar-refractivity contribution in [2.24, 2.45) is 0 Å². The number of allylic oxidation sites excluding steroid dienone is 2. The van der Waals surface area contributed by atoms with Crippen molar-refractivity contribution in [3.63, 3.8) is 0 Å². The van der Waals surface area contributed by atoms with Gasteiger partial charge in [0, 0.05) is 6.61 Å². The van der Waals surface area contributed by atoms with E-state index in [1.54, 1.807) is 0 Å². The fourth-order valence-corrected chi connectivity index (χ4v) is 2.89. The van der Waals surface area contributed by atoms with Crippen LogP contribution in [-0.4, -0.2) is 59.6 Å². The summed E-state index contributed by atoms with van der Waals surface area (Å²) in [4.78, 5) is 0. The van der Waals surface area contributed by atoms with E-state index in [1.807, 2.05) is 0 Å². The highest BCUT2D eigenvalue weighted by atomic mass is 16.6. The van der Waals surface area contributed by atoms with Gasteiger partial charge in [-0.2, -0.15) is 0 Å². The molecule has 1 aliphatic rings. The van der Waals surface area contributed by atoms with E-state index in [0.717, 1.165) is 12.8 Å². The van der Waals surface area contributed by atoms with Crippen LogP contribution in [0, 0.1) is 0 Å². The molecule has 23 heavy (non-hydrogen) atoms. The van der Waals surface area contributed by atoms with Crippen molar-refractivity contribution < 1.29 is 24.8 Å². The lowest BCUT2D eigenvalue weighted by atomic mass is 10.1. The number of unbranched alkanes of at least 4 members (excludes halogenated alkanes) is 7. The quantitative estimate of drug-likeness (QED) is 0.356. The van der Waals surface area contributed by atoms with Crippen molar-refractivity contribution in [1.82, 2.24) is 0 Å². The second-order valence-electron chi connectivity index (χ2n) is 6.28. The van der Waals surface area contributed by atoms with Gasteiger partial charge < -0.3 is 24.8 Å². The van der Waals surface area contributed by atoms with Crippen molar-refractivity contribution in [2.45, 2.75) is 82.7 Å². The fourth-order valence-electron chi connectivity index (χ4n) is 2.89. The molecule has 0 aromatic heterocycles. The zero-order valence-corrected chi connectivity index (χ0v) is 14.4. The molecule has 1 aliphatic heterocycles. The van der Waals surface area contributed by atoms with Crippen molar-refractivity contribution >= 4 is 0 Å². The van der Waals surface area contributed by atoms with E-state index in [0.29, 0.717) is 6.61 Å². The van der Waals surface area contributed by atoms with E-state index in [9.17, 15) is 10.2 Å². The van der Waals surface area contributed by atoms with Crippen LogP contribution in [0.2, 0.25) is 0 Å². The number of ether oxygens (including phenoxy) is 2. The molecule has 136 valence electrons. The summed E-state index contributed by atoms with van der Waals surface area (Å²) in [5.41, 5.74) is 0. The van der Waals surface area contributed by atoms with Gasteiger partial charge in [0.2, 0.25) is 0 Å². The number of aliphatic hydroxyl groups excluding tert-OH is 3. The summed E-state index contributed by atoms with van der Waals surface area (Å²) in [5, 5.41) is 28.5. The summed E-state index contributed by atoms with van der Waals surface area (Å²) < 4.78 is 11.0. The molecule has 0 spiro atoms. The van der Waals surface area contributed by atoms with Gasteiger partial charge in [0.05, 0.1) is 13.2 Å². The molecule has 3 N–H and O–H groups in total. The Bertz CT molecular complexity index is 308. The molecule has 0 aliphatic carbocycles. The van der Waals surface area contributed by atoms with Crippen LogP contribution in [-0.2, 0) is 9.47 Å². The van der Waals surface area contributed by atoms with Crippen LogP contribution >= 0.6 is 0 Å². The van der Waals surface area contributed by atoms with Gasteiger partial charge in [-0.3, -0.25) is 0 Å². The summed E-state index contributed by atoms with van der Waals surface area (Å²) in [6, 6.07) is 0. The maximum Gasteiger partial charge on any atom is 0.114 e. The average Bonchev–Trinajstić information content (AvgIpc) is 2.93. The maximum atomic E-state index is 9.82. The highest BCUT2D eigenvalue weighted by Gasteiger charge is 2.40. The Morgan fingerprint density at radius 1 is 1.13 bits per heavy atom. The molecule has 0 amide bonds. The first kappa shape index (κ1) is 20.6. The summed E-state index contributed by atoms with van der Waals surface area (Å²) in [5.74, 6) is 0. The Labute approximate surface area is 140 Å². The number of rotatable bonds is 13. The molecule has 0 aromatic rings. The molecular formula is C18H34O5.